The van der Waals surface area contributed by atoms with E-state index in [4.69, 9.17) is 38.6 Å². The molecule has 374 valence electrons. The van der Waals surface area contributed by atoms with Crippen molar-refractivity contribution in [3.05, 3.63) is 0 Å². The number of likely N-dealkylation sites (N-methyl/N-ethyl adjacent to an activating group) is 1. The topological polar surface area (TPSA) is 205 Å². The third kappa shape index (κ3) is 40.5. The summed E-state index contributed by atoms with van der Waals surface area (Å²) in [6, 6.07) is 0. The van der Waals surface area contributed by atoms with Crippen LogP contribution < -0.4 is 0 Å². The van der Waals surface area contributed by atoms with Gasteiger partial charge in [0.05, 0.1) is 0 Å². The molecular formula is C46H84N2O14S2. The van der Waals surface area contributed by atoms with E-state index in [0.29, 0.717) is 84.2 Å². The van der Waals surface area contributed by atoms with E-state index >= 15 is 0 Å². The zero-order valence-electron chi connectivity index (χ0n) is 39.7. The van der Waals surface area contributed by atoms with Gasteiger partial charge in [0, 0.05) is 63.4 Å². The molecule has 2 atom stereocenters. The fraction of sp³-hybridized carbons (Fsp3) is 0.870. The molecule has 0 bridgehead atoms. The van der Waals surface area contributed by atoms with Crippen LogP contribution in [0.5, 0.6) is 0 Å². The van der Waals surface area contributed by atoms with Gasteiger partial charge in [-0.15, -0.1) is 0 Å². The van der Waals surface area contributed by atoms with Gasteiger partial charge in [-0.3, -0.25) is 24.1 Å². The van der Waals surface area contributed by atoms with E-state index in [9.17, 15) is 28.8 Å². The molecule has 0 saturated carbocycles. The lowest BCUT2D eigenvalue weighted by molar-refractivity contribution is -0.144. The van der Waals surface area contributed by atoms with Crippen LogP contribution in [0.25, 0.3) is 0 Å². The maximum absolute atomic E-state index is 12.8. The van der Waals surface area contributed by atoms with Crippen molar-refractivity contribution in [3.8, 4) is 0 Å². The number of carbonyl (C=O) groups excluding carboxylic acids is 4. The minimum absolute atomic E-state index is 0.0156. The molecule has 0 rings (SSSR count). The third-order valence-corrected chi connectivity index (χ3v) is 12.4. The number of esters is 2. The van der Waals surface area contributed by atoms with Crippen LogP contribution in [0.2, 0.25) is 0 Å². The summed E-state index contributed by atoms with van der Waals surface area (Å²) in [5.74, 6) is 1.04. The molecule has 0 saturated heterocycles. The Hall–Kier alpha value is -2.96. The Morgan fingerprint density at radius 2 is 0.828 bits per heavy atom. The van der Waals surface area contributed by atoms with Crippen LogP contribution in [0.1, 0.15) is 156 Å². The second-order valence-corrected chi connectivity index (χ2v) is 18.1. The Labute approximate surface area is 392 Å². The summed E-state index contributed by atoms with van der Waals surface area (Å²) < 4.78 is 32.7. The molecule has 0 radical (unpaired) electrons. The average molecular weight is 953 g/mol. The first-order valence-electron chi connectivity index (χ1n) is 24.0. The van der Waals surface area contributed by atoms with E-state index in [1.807, 2.05) is 4.90 Å². The average Bonchev–Trinajstić information content (AvgIpc) is 3.25. The summed E-state index contributed by atoms with van der Waals surface area (Å²) in [7, 11) is 0. The predicted octanol–water partition coefficient (Wildman–Crippen LogP) is 9.24. The number of carboxylic acids is 2. The zero-order chi connectivity index (χ0) is 47.5. The van der Waals surface area contributed by atoms with Gasteiger partial charge in [-0.1, -0.05) is 66.2 Å². The van der Waals surface area contributed by atoms with E-state index in [-0.39, 0.29) is 50.8 Å². The number of rotatable bonds is 45. The molecule has 16 nitrogen and oxygen atoms in total. The van der Waals surface area contributed by atoms with Gasteiger partial charge < -0.3 is 43.5 Å². The Balaban J connectivity index is 5.00. The normalized spacial score (nSPS) is 12.2. The van der Waals surface area contributed by atoms with Gasteiger partial charge in [0.2, 0.25) is 0 Å². The molecule has 2 N–H and O–H groups in total. The number of nitrogens with zero attached hydrogens (tertiary/aromatic N) is 2. The molecule has 0 aliphatic heterocycles. The highest BCUT2D eigenvalue weighted by molar-refractivity contribution is 7.99. The van der Waals surface area contributed by atoms with Crippen LogP contribution >= 0.6 is 23.5 Å². The lowest BCUT2D eigenvalue weighted by Crippen LogP contribution is -2.39. The molecule has 0 aromatic rings. The number of thioether (sulfide) groups is 2. The zero-order valence-corrected chi connectivity index (χ0v) is 41.3. The summed E-state index contributed by atoms with van der Waals surface area (Å²) in [4.78, 5) is 76.6. The maximum atomic E-state index is 12.8. The fourth-order valence-corrected chi connectivity index (χ4v) is 8.12. The number of hydrogen-bond donors (Lipinski definition) is 2. The van der Waals surface area contributed by atoms with Crippen molar-refractivity contribution in [2.24, 2.45) is 0 Å². The van der Waals surface area contributed by atoms with Crippen LogP contribution in [-0.2, 0) is 47.6 Å². The van der Waals surface area contributed by atoms with Gasteiger partial charge in [0.15, 0.2) is 0 Å². The molecule has 64 heavy (non-hydrogen) atoms. The number of carbonyl (C=O) groups is 6. The van der Waals surface area contributed by atoms with Crippen LogP contribution in [-0.4, -0.2) is 157 Å². The van der Waals surface area contributed by atoms with Gasteiger partial charge in [0.25, 0.3) is 0 Å². The van der Waals surface area contributed by atoms with E-state index in [0.717, 1.165) is 55.5 Å². The maximum Gasteiger partial charge on any atom is 0.508 e. The lowest BCUT2D eigenvalue weighted by Gasteiger charge is -2.26. The quantitative estimate of drug-likeness (QED) is 0.0331. The highest BCUT2D eigenvalue weighted by atomic mass is 32.2. The van der Waals surface area contributed by atoms with Crippen molar-refractivity contribution in [2.45, 2.75) is 168 Å². The molecule has 0 heterocycles. The Morgan fingerprint density at radius 1 is 0.438 bits per heavy atom. The molecular weight excluding hydrogens is 869 g/mol. The van der Waals surface area contributed by atoms with Gasteiger partial charge in [-0.25, -0.2) is 9.59 Å². The summed E-state index contributed by atoms with van der Waals surface area (Å²) >= 11 is 3.54. The van der Waals surface area contributed by atoms with E-state index in [2.05, 4.69) is 32.6 Å². The van der Waals surface area contributed by atoms with Crippen molar-refractivity contribution in [3.63, 3.8) is 0 Å². The smallest absolute Gasteiger partial charge is 0.481 e. The standard InChI is InChI=1S/C46H84N2O14S2/c1-5-9-11-13-35-63-37-33-57-43(53)25-17-21-39(19-15-23-41(49)50)61-45(55)59-31-29-48(28-27-47(7-3)8-4)30-32-60-46(56)62-40(20-16-24-42(51)52)22-18-26-44(54)58-34-38-64-36-14-12-10-6-2/h39-40H,5-38H2,1-4H3,(H,49,50)(H,51,52). The van der Waals surface area contributed by atoms with Crippen molar-refractivity contribution in [1.82, 2.24) is 9.80 Å². The highest BCUT2D eigenvalue weighted by Crippen LogP contribution is 2.17. The summed E-state index contributed by atoms with van der Waals surface area (Å²) in [6.45, 7) is 12.8. The first-order chi connectivity index (χ1) is 30.9. The van der Waals surface area contributed by atoms with Crippen LogP contribution in [0, 0.1) is 0 Å². The fourth-order valence-electron chi connectivity index (χ4n) is 6.49. The molecule has 0 aromatic carbocycles. The Kier molecular flexibility index (Phi) is 41.9. The van der Waals surface area contributed by atoms with Crippen LogP contribution in [0.3, 0.4) is 0 Å². The molecule has 0 amide bonds. The van der Waals surface area contributed by atoms with Gasteiger partial charge in [-0.05, 0) is 88.8 Å². The molecule has 18 heteroatoms. The monoisotopic (exact) mass is 953 g/mol. The largest absolute Gasteiger partial charge is 0.508 e. The minimum atomic E-state index is -0.951. The second kappa shape index (κ2) is 43.9. The van der Waals surface area contributed by atoms with Crippen LogP contribution in [0.4, 0.5) is 9.59 Å². The molecule has 0 aliphatic carbocycles. The second-order valence-electron chi connectivity index (χ2n) is 15.7. The molecule has 0 aliphatic rings. The summed E-state index contributed by atoms with van der Waals surface area (Å²) in [6.07, 6.45) is 9.43. The Morgan fingerprint density at radius 3 is 1.20 bits per heavy atom. The third-order valence-electron chi connectivity index (χ3n) is 10.3. The van der Waals surface area contributed by atoms with Crippen molar-refractivity contribution in [2.75, 3.05) is 88.7 Å². The summed E-state index contributed by atoms with van der Waals surface area (Å²) in [5.41, 5.74) is 0. The lowest BCUT2D eigenvalue weighted by atomic mass is 10.1. The van der Waals surface area contributed by atoms with E-state index < -0.39 is 36.5 Å². The van der Waals surface area contributed by atoms with Crippen molar-refractivity contribution in [1.29, 1.82) is 0 Å². The van der Waals surface area contributed by atoms with Gasteiger partial charge in [0.1, 0.15) is 38.6 Å². The molecule has 2 unspecified atom stereocenters. The molecule has 0 aromatic heterocycles. The van der Waals surface area contributed by atoms with Crippen molar-refractivity contribution >= 4 is 59.7 Å². The van der Waals surface area contributed by atoms with Crippen LogP contribution in [0.15, 0.2) is 0 Å². The number of hydrogen-bond acceptors (Lipinski definition) is 16. The number of aliphatic carboxylic acids is 2. The predicted molar refractivity (Wildman–Crippen MR) is 252 cm³/mol. The van der Waals surface area contributed by atoms with Gasteiger partial charge >= 0.3 is 36.2 Å². The van der Waals surface area contributed by atoms with E-state index in [1.54, 1.807) is 23.5 Å². The Bertz CT molecular complexity index is 1130. The number of carboxylic acid groups (broad SMARTS) is 2. The minimum Gasteiger partial charge on any atom is -0.481 e. The highest BCUT2D eigenvalue weighted by Gasteiger charge is 2.20. The molecule has 0 spiro atoms. The first-order valence-corrected chi connectivity index (χ1v) is 26.3. The SMILES string of the molecule is CCCCCCSCCOC(=O)CCCC(CCCC(=O)O)OC(=O)OCCN(CCOC(=O)OC(CCCC(=O)O)CCCC(=O)OCCSCCCCCC)CCN(CC)CC. The number of unbranched alkanes of at least 4 members (excludes halogenated alkanes) is 6. The van der Waals surface area contributed by atoms with Gasteiger partial charge in [-0.2, -0.15) is 23.5 Å². The summed E-state index contributed by atoms with van der Waals surface area (Å²) in [5, 5.41) is 18.2. The molecule has 0 fully saturated rings. The number of ether oxygens (including phenoxy) is 6. The first kappa shape index (κ1) is 61.0. The van der Waals surface area contributed by atoms with Crippen molar-refractivity contribution < 1.29 is 67.4 Å². The van der Waals surface area contributed by atoms with E-state index in [1.165, 1.54) is 38.5 Å².